The van der Waals surface area contributed by atoms with Gasteiger partial charge in [-0.1, -0.05) is 86.8 Å². The number of rotatable bonds is 8. The zero-order valence-corrected chi connectivity index (χ0v) is 46.7. The van der Waals surface area contributed by atoms with Gasteiger partial charge in [-0.05, 0) is 138 Å². The molecule has 0 aliphatic rings. The SMILES string of the molecule is CC(C)(C)C=N[S@@](=O)C(C)(C)C.CC(C)(C)OC(=O)c1cc[c-]cc1.CC(C)(C)OC(=O)c1ccc([C@H](C[S@@](=O)C(C)(C)C)C(C)(C)C)cc1.CC(C)(C)[S@@](N)=O.CCCCC.[Li+]. The number of carbonyl (C=O) groups is 2. The van der Waals surface area contributed by atoms with E-state index in [9.17, 15) is 22.2 Å². The second-order valence-electron chi connectivity index (χ2n) is 22.2. The Hall–Kier alpha value is -1.94. The molecule has 9 nitrogen and oxygen atoms in total. The number of carbonyl (C=O) groups excluding carboxylic acids is 2. The van der Waals surface area contributed by atoms with Gasteiger partial charge in [-0.3, -0.25) is 9.35 Å². The van der Waals surface area contributed by atoms with Crippen molar-refractivity contribution in [2.45, 2.75) is 210 Å². The summed E-state index contributed by atoms with van der Waals surface area (Å²) in [6.45, 7) is 45.4. The maximum atomic E-state index is 12.7. The predicted molar refractivity (Wildman–Crippen MR) is 270 cm³/mol. The molecule has 0 aliphatic carbocycles. The van der Waals surface area contributed by atoms with E-state index in [1.165, 1.54) is 19.3 Å². The van der Waals surface area contributed by atoms with E-state index in [2.05, 4.69) is 45.1 Å². The fourth-order valence-electron chi connectivity index (χ4n) is 4.01. The van der Waals surface area contributed by atoms with Gasteiger partial charge in [0.2, 0.25) is 0 Å². The molecule has 0 fully saturated rings. The van der Waals surface area contributed by atoms with Gasteiger partial charge in [-0.15, -0.1) is 0 Å². The molecule has 0 radical (unpaired) electrons. The first-order chi connectivity index (χ1) is 27.6. The second-order valence-corrected chi connectivity index (χ2v) is 28.2. The van der Waals surface area contributed by atoms with Crippen molar-refractivity contribution in [2.75, 3.05) is 5.75 Å². The molecule has 0 unspecified atom stereocenters. The molecular formula is C50H89LiN2O7S3. The molecule has 4 atom stereocenters. The topological polar surface area (TPSA) is 142 Å². The molecule has 2 aromatic rings. The van der Waals surface area contributed by atoms with Crippen LogP contribution in [-0.4, -0.2) is 62.0 Å². The molecule has 2 N–H and O–H groups in total. The Balaban J connectivity index is -0.000000386. The van der Waals surface area contributed by atoms with Crippen molar-refractivity contribution in [3.05, 3.63) is 71.3 Å². The Morgan fingerprint density at radius 3 is 1.25 bits per heavy atom. The number of nitrogens with zero attached hydrogens (tertiary/aromatic N) is 1. The van der Waals surface area contributed by atoms with Crippen molar-refractivity contribution in [2.24, 2.45) is 20.4 Å². The van der Waals surface area contributed by atoms with E-state index in [-0.39, 0.29) is 61.8 Å². The zero-order chi connectivity index (χ0) is 49.7. The van der Waals surface area contributed by atoms with Crippen molar-refractivity contribution in [3.63, 3.8) is 0 Å². The minimum Gasteiger partial charge on any atom is -0.458 e. The Kier molecular flexibility index (Phi) is 31.8. The summed E-state index contributed by atoms with van der Waals surface area (Å²) in [6.07, 6.45) is 5.83. The molecule has 0 spiro atoms. The second kappa shape index (κ2) is 29.6. The van der Waals surface area contributed by atoms with Crippen molar-refractivity contribution in [1.82, 2.24) is 0 Å². The van der Waals surface area contributed by atoms with Crippen LogP contribution in [0.15, 0.2) is 52.9 Å². The van der Waals surface area contributed by atoms with Gasteiger partial charge >= 0.3 is 30.8 Å². The largest absolute Gasteiger partial charge is 1.00 e. The summed E-state index contributed by atoms with van der Waals surface area (Å²) in [6, 6.07) is 17.2. The van der Waals surface area contributed by atoms with Gasteiger partial charge in [0.15, 0.2) is 0 Å². The van der Waals surface area contributed by atoms with Crippen molar-refractivity contribution < 1.29 is 50.6 Å². The Morgan fingerprint density at radius 1 is 0.635 bits per heavy atom. The van der Waals surface area contributed by atoms with Gasteiger partial charge in [0.1, 0.15) is 22.2 Å². The van der Waals surface area contributed by atoms with E-state index >= 15 is 0 Å². The van der Waals surface area contributed by atoms with Crippen molar-refractivity contribution >= 4 is 50.9 Å². The van der Waals surface area contributed by atoms with Crippen molar-refractivity contribution in [3.8, 4) is 0 Å². The molecule has 0 saturated carbocycles. The predicted octanol–water partition coefficient (Wildman–Crippen LogP) is 9.93. The van der Waals surface area contributed by atoms with Gasteiger partial charge in [-0.25, -0.2) is 18.0 Å². The number of unbranched alkanes of at least 4 members (excludes halogenated alkanes) is 2. The summed E-state index contributed by atoms with van der Waals surface area (Å²) >= 11 is 0. The Morgan fingerprint density at radius 2 is 1.00 bits per heavy atom. The normalized spacial score (nSPS) is 14.2. The molecular weight excluding hydrogens is 844 g/mol. The summed E-state index contributed by atoms with van der Waals surface area (Å²) in [5.74, 6) is 0.157. The van der Waals surface area contributed by atoms with E-state index in [4.69, 9.17) is 14.6 Å². The molecule has 0 amide bonds. The van der Waals surface area contributed by atoms with Crippen LogP contribution in [0.25, 0.3) is 0 Å². The van der Waals surface area contributed by atoms with Gasteiger partial charge in [0.25, 0.3) is 0 Å². The summed E-state index contributed by atoms with van der Waals surface area (Å²) in [5.41, 5.74) is 1.27. The van der Waals surface area contributed by atoms with Gasteiger partial charge < -0.3 is 9.47 Å². The summed E-state index contributed by atoms with van der Waals surface area (Å²) in [5, 5.41) is 5.04. The first-order valence-corrected chi connectivity index (χ1v) is 25.3. The molecule has 2 aromatic carbocycles. The van der Waals surface area contributed by atoms with Crippen LogP contribution in [0.3, 0.4) is 0 Å². The van der Waals surface area contributed by atoms with E-state index in [1.54, 1.807) is 30.5 Å². The molecule has 63 heavy (non-hydrogen) atoms. The molecule has 0 saturated heterocycles. The Labute approximate surface area is 406 Å². The molecule has 360 valence electrons. The van der Waals surface area contributed by atoms with Crippen LogP contribution in [0, 0.1) is 16.9 Å². The number of nitrogens with two attached hydrogens (primary N) is 1. The molecule has 13 heteroatoms. The van der Waals surface area contributed by atoms with Crippen LogP contribution < -0.4 is 24.0 Å². The van der Waals surface area contributed by atoms with E-state index in [1.807, 2.05) is 149 Å². The third-order valence-corrected chi connectivity index (χ3v) is 12.3. The molecule has 0 bridgehead atoms. The number of ether oxygens (including phenoxy) is 2. The summed E-state index contributed by atoms with van der Waals surface area (Å²) < 4.78 is 48.3. The number of esters is 2. The van der Waals surface area contributed by atoms with Crippen LogP contribution in [0.2, 0.25) is 0 Å². The average Bonchev–Trinajstić information content (AvgIpc) is 3.08. The average molecular weight is 933 g/mol. The zero-order valence-electron chi connectivity index (χ0n) is 44.2. The van der Waals surface area contributed by atoms with Crippen LogP contribution in [0.5, 0.6) is 0 Å². The standard InChI is InChI=1S/C21H34O3S.C11H13O2.C9H19NOS.C5H12.C4H11NOS.Li/c1-19(2,3)17(14-25(23)21(7,8)9)15-10-12-16(13-11-15)18(22)24-20(4,5)6;1-11(2,3)13-10(12)9-7-5-4-6-8-9;1-8(2,3)7-10-12(11)9(4,5)6;1-3-5-4-2;1-4(2,3)7(5)6;/h10-13,17H,14H2,1-9H3;5-8H,1-3H3;7H,1-6H3;3-5H2,1-2H3;5H2,1-3H3;/q;-1;;;;+1/t17-,25+;;12-;;7-;/m0.0.0./s1. The number of benzene rings is 2. The minimum atomic E-state index is -1.18. The maximum absolute atomic E-state index is 12.7. The minimum absolute atomic E-state index is 0. The monoisotopic (exact) mass is 933 g/mol. The Bertz CT molecular complexity index is 1680. The first-order valence-electron chi connectivity index (χ1n) is 21.6. The summed E-state index contributed by atoms with van der Waals surface area (Å²) in [4.78, 5) is 23.6. The third-order valence-electron chi connectivity index (χ3n) is 7.72. The van der Waals surface area contributed by atoms with E-state index in [0.29, 0.717) is 16.9 Å². The quantitative estimate of drug-likeness (QED) is 0.120. The van der Waals surface area contributed by atoms with Gasteiger partial charge in [0, 0.05) is 33.4 Å². The molecule has 2 rings (SSSR count). The van der Waals surface area contributed by atoms with Gasteiger partial charge in [0.05, 0.1) is 26.0 Å². The number of hydrogen-bond donors (Lipinski definition) is 1. The molecule has 0 aliphatic heterocycles. The van der Waals surface area contributed by atoms with E-state index < -0.39 is 44.0 Å². The first kappa shape index (κ1) is 67.6. The fourth-order valence-corrected chi connectivity index (χ4v) is 6.24. The van der Waals surface area contributed by atoms with Gasteiger partial charge in [-0.2, -0.15) is 34.7 Å². The third kappa shape index (κ3) is 36.9. The van der Waals surface area contributed by atoms with Crippen LogP contribution in [0.1, 0.15) is 211 Å². The smallest absolute Gasteiger partial charge is 0.458 e. The number of hydrogen-bond acceptors (Lipinski definition) is 7. The molecule has 0 heterocycles. The molecule has 0 aromatic heterocycles. The van der Waals surface area contributed by atoms with Crippen LogP contribution >= 0.6 is 0 Å². The van der Waals surface area contributed by atoms with Crippen LogP contribution in [0.4, 0.5) is 0 Å². The summed E-state index contributed by atoms with van der Waals surface area (Å²) in [7, 11) is -3.23. The van der Waals surface area contributed by atoms with E-state index in [0.717, 1.165) is 5.56 Å². The maximum Gasteiger partial charge on any atom is 1.00 e. The van der Waals surface area contributed by atoms with Crippen LogP contribution in [-0.2, 0) is 42.2 Å². The van der Waals surface area contributed by atoms with Crippen molar-refractivity contribution in [1.29, 1.82) is 0 Å². The fraction of sp³-hybridized carbons (Fsp3) is 0.700.